The van der Waals surface area contributed by atoms with E-state index in [9.17, 15) is 13.2 Å². The molecule has 0 spiro atoms. The molecule has 1 heterocycles. The number of nitrogens with zero attached hydrogens (tertiary/aromatic N) is 2. The summed E-state index contributed by atoms with van der Waals surface area (Å²) in [7, 11) is -3.55. The van der Waals surface area contributed by atoms with Gasteiger partial charge in [-0.3, -0.25) is 4.79 Å². The van der Waals surface area contributed by atoms with Gasteiger partial charge in [0.2, 0.25) is 15.9 Å². The van der Waals surface area contributed by atoms with Gasteiger partial charge < -0.3 is 4.74 Å². The Balaban J connectivity index is 1.32. The van der Waals surface area contributed by atoms with Crippen LogP contribution in [0.5, 0.6) is 5.88 Å². The molecule has 2 bridgehead atoms. The number of Topliss-reactive ketones (excluding diaryl/α,β-unsaturated/α-hetero) is 1. The van der Waals surface area contributed by atoms with Crippen LogP contribution in [-0.4, -0.2) is 37.1 Å². The molecule has 8 heteroatoms. The fourth-order valence-corrected chi connectivity index (χ4v) is 7.87. The van der Waals surface area contributed by atoms with Gasteiger partial charge in [-0.15, -0.1) is 0 Å². The number of rotatable bonds is 6. The summed E-state index contributed by atoms with van der Waals surface area (Å²) >= 11 is 0. The lowest BCUT2D eigenvalue weighted by atomic mass is 9.70. The van der Waals surface area contributed by atoms with E-state index >= 15 is 0 Å². The van der Waals surface area contributed by atoms with Crippen molar-refractivity contribution >= 4 is 15.8 Å². The van der Waals surface area contributed by atoms with E-state index in [-0.39, 0.29) is 29.1 Å². The van der Waals surface area contributed by atoms with E-state index in [4.69, 9.17) is 10.00 Å². The summed E-state index contributed by atoms with van der Waals surface area (Å²) in [5.74, 6) is 0.827. The van der Waals surface area contributed by atoms with Crippen LogP contribution in [0.15, 0.2) is 18.3 Å². The second kappa shape index (κ2) is 7.61. The van der Waals surface area contributed by atoms with Crippen LogP contribution in [0, 0.1) is 28.1 Å². The molecule has 162 valence electrons. The normalized spacial score (nSPS) is 32.7. The molecule has 3 fully saturated rings. The van der Waals surface area contributed by atoms with Gasteiger partial charge in [0.1, 0.15) is 18.0 Å². The Bertz CT molecular complexity index is 959. The second-order valence-electron chi connectivity index (χ2n) is 9.63. The third-order valence-corrected chi connectivity index (χ3v) is 9.31. The maximum Gasteiger partial charge on any atom is 0.213 e. The molecule has 1 aromatic rings. The minimum Gasteiger partial charge on any atom is -0.474 e. The Labute approximate surface area is 178 Å². The molecule has 0 aliphatic heterocycles. The van der Waals surface area contributed by atoms with Gasteiger partial charge in [-0.05, 0) is 55.9 Å². The van der Waals surface area contributed by atoms with E-state index in [0.717, 1.165) is 19.3 Å². The largest absolute Gasteiger partial charge is 0.474 e. The molecule has 2 unspecified atom stereocenters. The molecule has 0 amide bonds. The van der Waals surface area contributed by atoms with Crippen molar-refractivity contribution in [3.05, 3.63) is 23.9 Å². The van der Waals surface area contributed by atoms with E-state index in [2.05, 4.69) is 23.6 Å². The highest BCUT2D eigenvalue weighted by Gasteiger charge is 2.65. The molecule has 3 saturated carbocycles. The number of nitriles is 1. The molecule has 0 radical (unpaired) electrons. The van der Waals surface area contributed by atoms with Gasteiger partial charge in [0.25, 0.3) is 0 Å². The number of hydrogen-bond acceptors (Lipinski definition) is 6. The van der Waals surface area contributed by atoms with Crippen LogP contribution in [0.1, 0.15) is 64.4 Å². The number of sulfonamides is 1. The molecule has 2 atom stereocenters. The summed E-state index contributed by atoms with van der Waals surface area (Å²) in [5, 5.41) is 8.83. The van der Waals surface area contributed by atoms with Crippen LogP contribution in [0.2, 0.25) is 0 Å². The first-order chi connectivity index (χ1) is 14.1. The molecule has 3 aliphatic rings. The molecule has 7 nitrogen and oxygen atoms in total. The van der Waals surface area contributed by atoms with Crippen molar-refractivity contribution in [1.82, 2.24) is 9.71 Å². The van der Waals surface area contributed by atoms with Crippen LogP contribution in [0.25, 0.3) is 0 Å². The van der Waals surface area contributed by atoms with Crippen molar-refractivity contribution in [3.8, 4) is 11.9 Å². The molecule has 4 rings (SSSR count). The zero-order valence-corrected chi connectivity index (χ0v) is 18.4. The Hall–Kier alpha value is -1.98. The standard InChI is InChI=1S/C22H29N3O4S/c1-21(2)16-9-10-22(21,19(26)11-16)14-30(27,28)25-17-4-6-18(7-5-17)29-20-8-3-15(12-23)13-24-20/h3,8,13,16-18,25H,4-7,9-11,14H2,1-2H3. The lowest BCUT2D eigenvalue weighted by Gasteiger charge is -2.37. The number of nitrogens with one attached hydrogen (secondary N) is 1. The number of ether oxygens (including phenoxy) is 1. The number of fused-ring (bicyclic) bond motifs is 2. The van der Waals surface area contributed by atoms with Crippen molar-refractivity contribution < 1.29 is 17.9 Å². The third-order valence-electron chi connectivity index (χ3n) is 7.75. The van der Waals surface area contributed by atoms with Gasteiger partial charge >= 0.3 is 0 Å². The SMILES string of the molecule is CC1(C)C2CCC1(CS(=O)(=O)NC1CCC(Oc3ccc(C#N)cn3)CC1)C(=O)C2. The summed E-state index contributed by atoms with van der Waals surface area (Å²) in [5.41, 5.74) is -0.499. The summed E-state index contributed by atoms with van der Waals surface area (Å²) in [6, 6.07) is 5.25. The summed E-state index contributed by atoms with van der Waals surface area (Å²) in [4.78, 5) is 16.8. The van der Waals surface area contributed by atoms with Crippen molar-refractivity contribution in [3.63, 3.8) is 0 Å². The maximum atomic E-state index is 13.0. The monoisotopic (exact) mass is 431 g/mol. The molecule has 1 N–H and O–H groups in total. The van der Waals surface area contributed by atoms with Crippen LogP contribution in [-0.2, 0) is 14.8 Å². The van der Waals surface area contributed by atoms with Crippen molar-refractivity contribution in [2.45, 2.75) is 70.9 Å². The number of pyridine rings is 1. The lowest BCUT2D eigenvalue weighted by Crippen LogP contribution is -2.48. The topological polar surface area (TPSA) is 109 Å². The first kappa shape index (κ1) is 21.3. The van der Waals surface area contributed by atoms with Crippen LogP contribution >= 0.6 is 0 Å². The average molecular weight is 432 g/mol. The number of ketones is 1. The highest BCUT2D eigenvalue weighted by atomic mass is 32.2. The van der Waals surface area contributed by atoms with Crippen molar-refractivity contribution in [2.24, 2.45) is 16.7 Å². The number of carbonyl (C=O) groups is 1. The van der Waals surface area contributed by atoms with Crippen LogP contribution in [0.4, 0.5) is 0 Å². The minimum atomic E-state index is -3.55. The van der Waals surface area contributed by atoms with Gasteiger partial charge in [-0.1, -0.05) is 13.8 Å². The molecule has 3 aliphatic carbocycles. The number of carbonyl (C=O) groups excluding carboxylic acids is 1. The lowest BCUT2D eigenvalue weighted by molar-refractivity contribution is -0.128. The average Bonchev–Trinajstić information content (AvgIpc) is 3.04. The van der Waals surface area contributed by atoms with E-state index in [1.165, 1.54) is 6.20 Å². The summed E-state index contributed by atoms with van der Waals surface area (Å²) < 4.78 is 34.7. The van der Waals surface area contributed by atoms with Gasteiger partial charge in [-0.25, -0.2) is 18.1 Å². The molecule has 0 aromatic carbocycles. The molecule has 1 aromatic heterocycles. The van der Waals surface area contributed by atoms with Crippen LogP contribution in [0.3, 0.4) is 0 Å². The third kappa shape index (κ3) is 3.74. The highest BCUT2D eigenvalue weighted by molar-refractivity contribution is 7.89. The smallest absolute Gasteiger partial charge is 0.213 e. The Morgan fingerprint density at radius 1 is 1.23 bits per heavy atom. The molecule has 30 heavy (non-hydrogen) atoms. The zero-order valence-electron chi connectivity index (χ0n) is 17.6. The van der Waals surface area contributed by atoms with Gasteiger partial charge in [0.05, 0.1) is 11.3 Å². The van der Waals surface area contributed by atoms with E-state index in [1.807, 2.05) is 6.07 Å². The summed E-state index contributed by atoms with van der Waals surface area (Å²) in [6.07, 6.45) is 6.44. The first-order valence-corrected chi connectivity index (χ1v) is 12.4. The number of aromatic nitrogens is 1. The molecular formula is C22H29N3O4S. The second-order valence-corrected chi connectivity index (χ2v) is 11.4. The van der Waals surface area contributed by atoms with E-state index in [1.54, 1.807) is 12.1 Å². The molecule has 0 saturated heterocycles. The maximum absolute atomic E-state index is 13.0. The van der Waals surface area contributed by atoms with Gasteiger partial charge in [0.15, 0.2) is 0 Å². The fourth-order valence-electron chi connectivity index (χ4n) is 5.71. The van der Waals surface area contributed by atoms with E-state index in [0.29, 0.717) is 43.0 Å². The Morgan fingerprint density at radius 2 is 1.97 bits per heavy atom. The predicted molar refractivity (Wildman–Crippen MR) is 111 cm³/mol. The molecular weight excluding hydrogens is 402 g/mol. The van der Waals surface area contributed by atoms with Crippen LogP contribution < -0.4 is 9.46 Å². The minimum absolute atomic E-state index is 0.0179. The fraction of sp³-hybridized carbons (Fsp3) is 0.682. The predicted octanol–water partition coefficient (Wildman–Crippen LogP) is 2.96. The number of hydrogen-bond donors (Lipinski definition) is 1. The highest BCUT2D eigenvalue weighted by Crippen LogP contribution is 2.64. The van der Waals surface area contributed by atoms with Crippen molar-refractivity contribution in [1.29, 1.82) is 5.26 Å². The Morgan fingerprint density at radius 3 is 2.50 bits per heavy atom. The zero-order chi connectivity index (χ0) is 21.6. The van der Waals surface area contributed by atoms with Crippen molar-refractivity contribution in [2.75, 3.05) is 5.75 Å². The van der Waals surface area contributed by atoms with Gasteiger partial charge in [0, 0.05) is 30.1 Å². The first-order valence-electron chi connectivity index (χ1n) is 10.7. The Kier molecular flexibility index (Phi) is 5.39. The quantitative estimate of drug-likeness (QED) is 0.742. The summed E-state index contributed by atoms with van der Waals surface area (Å²) in [6.45, 7) is 4.12. The van der Waals surface area contributed by atoms with Gasteiger partial charge in [-0.2, -0.15) is 5.26 Å². The van der Waals surface area contributed by atoms with E-state index < -0.39 is 15.4 Å².